The number of nitrogens with zero attached hydrogens (tertiary/aromatic N) is 1. The zero-order valence-corrected chi connectivity index (χ0v) is 7.41. The predicted molar refractivity (Wildman–Crippen MR) is 53.2 cm³/mol. The molecule has 0 aliphatic heterocycles. The molecule has 3 N–H and O–H groups in total. The van der Waals surface area contributed by atoms with Gasteiger partial charge < -0.3 is 10.7 Å². The number of H-pyrrole nitrogens is 1. The first-order valence-electron chi connectivity index (χ1n) is 4.13. The number of aromatic amines is 1. The lowest BCUT2D eigenvalue weighted by Crippen LogP contribution is -1.89. The fourth-order valence-corrected chi connectivity index (χ4v) is 1.31. The zero-order valence-electron chi connectivity index (χ0n) is 7.41. The fourth-order valence-electron chi connectivity index (χ4n) is 1.31. The molecule has 0 spiro atoms. The number of nitrogens with two attached hydrogens (primary N) is 1. The summed E-state index contributed by atoms with van der Waals surface area (Å²) in [5, 5.41) is 0. The molecule has 0 atom stereocenters. The standard InChI is InChI=1S/C10H11N3/c1-7-2-3-8(11)6-9(7)10-12-4-5-13-10/h2-6H,11H2,1H3,(H,12,13). The Morgan fingerprint density at radius 1 is 1.38 bits per heavy atom. The van der Waals surface area contributed by atoms with Crippen molar-refractivity contribution in [3.63, 3.8) is 0 Å². The third-order valence-electron chi connectivity index (χ3n) is 2.01. The van der Waals surface area contributed by atoms with Gasteiger partial charge in [0.1, 0.15) is 5.82 Å². The maximum absolute atomic E-state index is 5.69. The van der Waals surface area contributed by atoms with E-state index in [-0.39, 0.29) is 0 Å². The fraction of sp³-hybridized carbons (Fsp3) is 0.100. The molecule has 0 saturated heterocycles. The Morgan fingerprint density at radius 2 is 2.23 bits per heavy atom. The molecule has 0 saturated carbocycles. The second-order valence-corrected chi connectivity index (χ2v) is 3.01. The van der Waals surface area contributed by atoms with Crippen LogP contribution < -0.4 is 5.73 Å². The van der Waals surface area contributed by atoms with E-state index in [0.717, 1.165) is 17.1 Å². The molecule has 0 unspecified atom stereocenters. The molecule has 1 heterocycles. The molecule has 13 heavy (non-hydrogen) atoms. The molecule has 3 nitrogen and oxygen atoms in total. The van der Waals surface area contributed by atoms with Crippen molar-refractivity contribution in [1.82, 2.24) is 9.97 Å². The van der Waals surface area contributed by atoms with Crippen LogP contribution >= 0.6 is 0 Å². The first-order valence-corrected chi connectivity index (χ1v) is 4.13. The molecule has 0 fully saturated rings. The van der Waals surface area contributed by atoms with Crippen molar-refractivity contribution < 1.29 is 0 Å². The molecule has 0 amide bonds. The van der Waals surface area contributed by atoms with E-state index in [1.807, 2.05) is 25.1 Å². The quantitative estimate of drug-likeness (QED) is 0.648. The minimum atomic E-state index is 0.761. The van der Waals surface area contributed by atoms with Gasteiger partial charge in [-0.2, -0.15) is 0 Å². The van der Waals surface area contributed by atoms with Crippen LogP contribution in [0.2, 0.25) is 0 Å². The van der Waals surface area contributed by atoms with Gasteiger partial charge in [0.15, 0.2) is 0 Å². The molecular formula is C10H11N3. The van der Waals surface area contributed by atoms with Gasteiger partial charge in [-0.05, 0) is 24.6 Å². The van der Waals surface area contributed by atoms with Crippen molar-refractivity contribution in [1.29, 1.82) is 0 Å². The van der Waals surface area contributed by atoms with Gasteiger partial charge in [-0.3, -0.25) is 0 Å². The number of aryl methyl sites for hydroxylation is 1. The van der Waals surface area contributed by atoms with Gasteiger partial charge in [0, 0.05) is 23.6 Å². The normalized spacial score (nSPS) is 10.2. The van der Waals surface area contributed by atoms with Crippen LogP contribution in [-0.2, 0) is 0 Å². The van der Waals surface area contributed by atoms with Crippen molar-refractivity contribution in [3.05, 3.63) is 36.2 Å². The van der Waals surface area contributed by atoms with Gasteiger partial charge >= 0.3 is 0 Å². The average molecular weight is 173 g/mol. The van der Waals surface area contributed by atoms with Gasteiger partial charge in [0.2, 0.25) is 0 Å². The molecule has 2 aromatic rings. The smallest absolute Gasteiger partial charge is 0.137 e. The van der Waals surface area contributed by atoms with Crippen molar-refractivity contribution in [2.75, 3.05) is 5.73 Å². The van der Waals surface area contributed by atoms with Gasteiger partial charge in [0.05, 0.1) is 0 Å². The van der Waals surface area contributed by atoms with Gasteiger partial charge in [-0.15, -0.1) is 0 Å². The van der Waals surface area contributed by atoms with Gasteiger partial charge in [0.25, 0.3) is 0 Å². The summed E-state index contributed by atoms with van der Waals surface area (Å²) in [5.74, 6) is 0.866. The lowest BCUT2D eigenvalue weighted by molar-refractivity contribution is 1.29. The highest BCUT2D eigenvalue weighted by molar-refractivity contribution is 5.65. The highest BCUT2D eigenvalue weighted by Crippen LogP contribution is 2.21. The van der Waals surface area contributed by atoms with E-state index in [1.165, 1.54) is 5.56 Å². The maximum Gasteiger partial charge on any atom is 0.137 e. The van der Waals surface area contributed by atoms with Crippen molar-refractivity contribution in [2.45, 2.75) is 6.92 Å². The SMILES string of the molecule is Cc1ccc(N)cc1-c1ncc[nH]1. The summed E-state index contributed by atoms with van der Waals surface area (Å²) in [6, 6.07) is 5.81. The summed E-state index contributed by atoms with van der Waals surface area (Å²) in [4.78, 5) is 7.23. The number of imidazole rings is 1. The van der Waals surface area contributed by atoms with Crippen molar-refractivity contribution in [2.24, 2.45) is 0 Å². The third-order valence-corrected chi connectivity index (χ3v) is 2.01. The molecule has 2 rings (SSSR count). The Hall–Kier alpha value is -1.77. The number of anilines is 1. The van der Waals surface area contributed by atoms with Crippen LogP contribution in [0.3, 0.4) is 0 Å². The predicted octanol–water partition coefficient (Wildman–Crippen LogP) is 1.97. The highest BCUT2D eigenvalue weighted by Gasteiger charge is 2.03. The molecule has 0 aliphatic rings. The zero-order chi connectivity index (χ0) is 9.26. The Kier molecular flexibility index (Phi) is 1.77. The summed E-state index contributed by atoms with van der Waals surface area (Å²) in [6.45, 7) is 2.04. The number of nitrogen functional groups attached to an aromatic ring is 1. The Labute approximate surface area is 76.6 Å². The van der Waals surface area contributed by atoms with E-state index < -0.39 is 0 Å². The third kappa shape index (κ3) is 1.40. The first-order chi connectivity index (χ1) is 6.27. The number of benzene rings is 1. The lowest BCUT2D eigenvalue weighted by atomic mass is 10.1. The lowest BCUT2D eigenvalue weighted by Gasteiger charge is -2.03. The summed E-state index contributed by atoms with van der Waals surface area (Å²) in [7, 11) is 0. The second-order valence-electron chi connectivity index (χ2n) is 3.01. The molecule has 0 aliphatic carbocycles. The molecule has 0 bridgehead atoms. The van der Waals surface area contributed by atoms with Crippen LogP contribution in [0.4, 0.5) is 5.69 Å². The minimum absolute atomic E-state index is 0.761. The number of hydrogen-bond donors (Lipinski definition) is 2. The van der Waals surface area contributed by atoms with Crippen LogP contribution in [-0.4, -0.2) is 9.97 Å². The van der Waals surface area contributed by atoms with Crippen LogP contribution in [0.5, 0.6) is 0 Å². The molecular weight excluding hydrogens is 162 g/mol. The summed E-state index contributed by atoms with van der Waals surface area (Å²) < 4.78 is 0. The Balaban J connectivity index is 2.57. The summed E-state index contributed by atoms with van der Waals surface area (Å²) in [6.07, 6.45) is 3.54. The average Bonchev–Trinajstić information content (AvgIpc) is 2.61. The Morgan fingerprint density at radius 3 is 2.92 bits per heavy atom. The monoisotopic (exact) mass is 173 g/mol. The molecule has 0 radical (unpaired) electrons. The van der Waals surface area contributed by atoms with E-state index in [9.17, 15) is 0 Å². The van der Waals surface area contributed by atoms with Crippen LogP contribution in [0.15, 0.2) is 30.6 Å². The summed E-state index contributed by atoms with van der Waals surface area (Å²) in [5.41, 5.74) is 8.68. The molecule has 1 aromatic heterocycles. The maximum atomic E-state index is 5.69. The number of hydrogen-bond acceptors (Lipinski definition) is 2. The van der Waals surface area contributed by atoms with Gasteiger partial charge in [-0.25, -0.2) is 4.98 Å². The largest absolute Gasteiger partial charge is 0.399 e. The molecule has 1 aromatic carbocycles. The van der Waals surface area contributed by atoms with E-state index in [1.54, 1.807) is 12.4 Å². The number of nitrogens with one attached hydrogen (secondary N) is 1. The summed E-state index contributed by atoms with van der Waals surface area (Å²) >= 11 is 0. The van der Waals surface area contributed by atoms with Crippen LogP contribution in [0.25, 0.3) is 11.4 Å². The van der Waals surface area contributed by atoms with Crippen LogP contribution in [0.1, 0.15) is 5.56 Å². The number of aromatic nitrogens is 2. The van der Waals surface area contributed by atoms with E-state index in [0.29, 0.717) is 0 Å². The topological polar surface area (TPSA) is 54.7 Å². The van der Waals surface area contributed by atoms with Crippen LogP contribution in [0, 0.1) is 6.92 Å². The number of rotatable bonds is 1. The van der Waals surface area contributed by atoms with E-state index in [4.69, 9.17) is 5.73 Å². The van der Waals surface area contributed by atoms with E-state index in [2.05, 4.69) is 9.97 Å². The van der Waals surface area contributed by atoms with E-state index >= 15 is 0 Å². The van der Waals surface area contributed by atoms with Gasteiger partial charge in [-0.1, -0.05) is 6.07 Å². The van der Waals surface area contributed by atoms with Crippen molar-refractivity contribution >= 4 is 5.69 Å². The first kappa shape index (κ1) is 7.86. The molecule has 66 valence electrons. The molecule has 3 heteroatoms. The highest BCUT2D eigenvalue weighted by atomic mass is 14.9. The Bertz CT molecular complexity index is 404. The minimum Gasteiger partial charge on any atom is -0.399 e. The van der Waals surface area contributed by atoms with Crippen molar-refractivity contribution in [3.8, 4) is 11.4 Å². The second kappa shape index (κ2) is 2.94.